The van der Waals surface area contributed by atoms with Crippen LogP contribution >= 0.6 is 11.8 Å². The number of hydrogen-bond donors (Lipinski definition) is 1. The molecule has 2 aliphatic heterocycles. The lowest BCUT2D eigenvalue weighted by molar-refractivity contribution is 0.151. The Bertz CT molecular complexity index is 593. The summed E-state index contributed by atoms with van der Waals surface area (Å²) < 4.78 is 0. The molecule has 1 unspecified atom stereocenters. The van der Waals surface area contributed by atoms with E-state index in [2.05, 4.69) is 71.7 Å². The fourth-order valence-electron chi connectivity index (χ4n) is 3.70. The first-order valence-corrected chi connectivity index (χ1v) is 8.70. The third-order valence-electron chi connectivity index (χ3n) is 4.80. The molecule has 0 aromatic heterocycles. The highest BCUT2D eigenvalue weighted by atomic mass is 32.2. The maximum absolute atomic E-state index is 3.51. The van der Waals surface area contributed by atoms with E-state index in [9.17, 15) is 0 Å². The van der Waals surface area contributed by atoms with E-state index in [1.807, 2.05) is 0 Å². The van der Waals surface area contributed by atoms with Crippen LogP contribution in [0.3, 0.4) is 0 Å². The van der Waals surface area contributed by atoms with Crippen molar-refractivity contribution in [1.82, 2.24) is 5.32 Å². The van der Waals surface area contributed by atoms with Crippen molar-refractivity contribution in [1.29, 1.82) is 0 Å². The highest BCUT2D eigenvalue weighted by Crippen LogP contribution is 2.44. The van der Waals surface area contributed by atoms with Gasteiger partial charge in [-0.1, -0.05) is 48.5 Å². The van der Waals surface area contributed by atoms with Gasteiger partial charge in [0.05, 0.1) is 0 Å². The van der Waals surface area contributed by atoms with Crippen LogP contribution < -0.4 is 5.32 Å². The van der Waals surface area contributed by atoms with Crippen LogP contribution in [0.5, 0.6) is 0 Å². The summed E-state index contributed by atoms with van der Waals surface area (Å²) in [5, 5.41) is 4.27. The fourth-order valence-corrected chi connectivity index (χ4v) is 5.22. The molecule has 1 N–H and O–H groups in total. The zero-order chi connectivity index (χ0) is 14.1. The molecule has 2 aliphatic rings. The molecule has 4 rings (SSSR count). The summed E-state index contributed by atoms with van der Waals surface area (Å²) in [4.78, 5) is 1.50. The summed E-state index contributed by atoms with van der Waals surface area (Å²) in [6, 6.07) is 19.9. The molecule has 0 aliphatic carbocycles. The molecule has 2 heterocycles. The van der Waals surface area contributed by atoms with Crippen molar-refractivity contribution in [2.24, 2.45) is 5.41 Å². The topological polar surface area (TPSA) is 12.0 Å². The molecule has 0 spiro atoms. The van der Waals surface area contributed by atoms with Gasteiger partial charge in [-0.25, -0.2) is 0 Å². The van der Waals surface area contributed by atoms with E-state index < -0.39 is 0 Å². The number of fused-ring (bicyclic) bond motifs is 1. The number of nitrogens with one attached hydrogen (secondary N) is 1. The SMILES string of the molecule is c1ccc(CC2(CC3Cc4ccccc4S3)CNC2)cc1. The summed E-state index contributed by atoms with van der Waals surface area (Å²) in [6.07, 6.45) is 3.79. The van der Waals surface area contributed by atoms with Gasteiger partial charge in [-0.15, -0.1) is 11.8 Å². The molecule has 1 nitrogen and oxygen atoms in total. The first kappa shape index (κ1) is 13.4. The van der Waals surface area contributed by atoms with Crippen LogP contribution in [-0.4, -0.2) is 18.3 Å². The van der Waals surface area contributed by atoms with Gasteiger partial charge in [0.1, 0.15) is 0 Å². The molecule has 0 radical (unpaired) electrons. The third kappa shape index (κ3) is 2.75. The first-order chi connectivity index (χ1) is 10.3. The number of rotatable bonds is 4. The quantitative estimate of drug-likeness (QED) is 0.917. The monoisotopic (exact) mass is 295 g/mol. The minimum Gasteiger partial charge on any atom is -0.316 e. The van der Waals surface area contributed by atoms with Gasteiger partial charge >= 0.3 is 0 Å². The lowest BCUT2D eigenvalue weighted by atomic mass is 9.72. The summed E-state index contributed by atoms with van der Waals surface area (Å²) in [5.41, 5.74) is 3.51. The predicted molar refractivity (Wildman–Crippen MR) is 89.9 cm³/mol. The van der Waals surface area contributed by atoms with Gasteiger partial charge in [0.2, 0.25) is 0 Å². The fraction of sp³-hybridized carbons (Fsp3) is 0.368. The molecule has 2 heteroatoms. The van der Waals surface area contributed by atoms with Crippen molar-refractivity contribution >= 4 is 11.8 Å². The van der Waals surface area contributed by atoms with Crippen molar-refractivity contribution in [3.63, 3.8) is 0 Å². The molecular formula is C19H21NS. The van der Waals surface area contributed by atoms with Crippen molar-refractivity contribution in [3.8, 4) is 0 Å². The molecule has 108 valence electrons. The maximum atomic E-state index is 3.51. The molecule has 0 bridgehead atoms. The minimum atomic E-state index is 0.473. The van der Waals surface area contributed by atoms with Gasteiger partial charge < -0.3 is 5.32 Å². The Morgan fingerprint density at radius 2 is 1.76 bits per heavy atom. The lowest BCUT2D eigenvalue weighted by Gasteiger charge is -2.44. The van der Waals surface area contributed by atoms with E-state index in [0.717, 1.165) is 5.25 Å². The van der Waals surface area contributed by atoms with Gasteiger partial charge in [-0.05, 0) is 36.5 Å². The van der Waals surface area contributed by atoms with Crippen LogP contribution in [0.1, 0.15) is 17.5 Å². The Morgan fingerprint density at radius 3 is 2.48 bits per heavy atom. The Kier molecular flexibility index (Phi) is 3.52. The van der Waals surface area contributed by atoms with Crippen LogP contribution in [-0.2, 0) is 12.8 Å². The van der Waals surface area contributed by atoms with Crippen LogP contribution in [0.4, 0.5) is 0 Å². The van der Waals surface area contributed by atoms with Crippen molar-refractivity contribution < 1.29 is 0 Å². The number of benzene rings is 2. The van der Waals surface area contributed by atoms with E-state index in [-0.39, 0.29) is 0 Å². The molecule has 0 saturated carbocycles. The Balaban J connectivity index is 1.46. The second-order valence-electron chi connectivity index (χ2n) is 6.52. The minimum absolute atomic E-state index is 0.473. The summed E-state index contributed by atoms with van der Waals surface area (Å²) in [6.45, 7) is 2.35. The molecule has 21 heavy (non-hydrogen) atoms. The molecule has 2 aromatic carbocycles. The van der Waals surface area contributed by atoms with E-state index in [4.69, 9.17) is 0 Å². The van der Waals surface area contributed by atoms with Crippen molar-refractivity contribution in [2.75, 3.05) is 13.1 Å². The largest absolute Gasteiger partial charge is 0.316 e. The molecular weight excluding hydrogens is 274 g/mol. The highest BCUT2D eigenvalue weighted by Gasteiger charge is 2.40. The van der Waals surface area contributed by atoms with E-state index in [0.29, 0.717) is 5.41 Å². The number of thioether (sulfide) groups is 1. The van der Waals surface area contributed by atoms with Gasteiger partial charge in [-0.2, -0.15) is 0 Å². The van der Waals surface area contributed by atoms with Crippen LogP contribution in [0.15, 0.2) is 59.5 Å². The maximum Gasteiger partial charge on any atom is 0.0142 e. The van der Waals surface area contributed by atoms with E-state index in [1.165, 1.54) is 42.8 Å². The average molecular weight is 295 g/mol. The first-order valence-electron chi connectivity index (χ1n) is 7.82. The van der Waals surface area contributed by atoms with Gasteiger partial charge in [0, 0.05) is 28.6 Å². The second kappa shape index (κ2) is 5.51. The molecule has 2 aromatic rings. The van der Waals surface area contributed by atoms with E-state index in [1.54, 1.807) is 5.56 Å². The Hall–Kier alpha value is -1.25. The normalized spacial score (nSPS) is 22.6. The Labute approximate surface area is 131 Å². The van der Waals surface area contributed by atoms with Gasteiger partial charge in [0.25, 0.3) is 0 Å². The Morgan fingerprint density at radius 1 is 1.00 bits per heavy atom. The van der Waals surface area contributed by atoms with Crippen LogP contribution in [0.2, 0.25) is 0 Å². The molecule has 1 saturated heterocycles. The summed E-state index contributed by atoms with van der Waals surface area (Å²) in [5.74, 6) is 0. The van der Waals surface area contributed by atoms with Crippen molar-refractivity contribution in [2.45, 2.75) is 29.4 Å². The average Bonchev–Trinajstić information content (AvgIpc) is 2.88. The predicted octanol–water partition coefficient (Wildman–Crippen LogP) is 3.93. The molecule has 1 atom stereocenters. The zero-order valence-corrected chi connectivity index (χ0v) is 13.0. The summed E-state index contributed by atoms with van der Waals surface area (Å²) in [7, 11) is 0. The smallest absolute Gasteiger partial charge is 0.0142 e. The standard InChI is InChI=1S/C19H21NS/c1-2-6-15(7-3-1)11-19(13-20-14-19)12-17-10-16-8-4-5-9-18(16)21-17/h1-9,17,20H,10-14H2. The van der Waals surface area contributed by atoms with Gasteiger partial charge in [0.15, 0.2) is 0 Å². The third-order valence-corrected chi connectivity index (χ3v) is 6.12. The zero-order valence-electron chi connectivity index (χ0n) is 12.2. The summed E-state index contributed by atoms with van der Waals surface area (Å²) >= 11 is 2.10. The van der Waals surface area contributed by atoms with Crippen molar-refractivity contribution in [3.05, 3.63) is 65.7 Å². The number of hydrogen-bond acceptors (Lipinski definition) is 2. The molecule has 1 fully saturated rings. The van der Waals surface area contributed by atoms with Crippen LogP contribution in [0, 0.1) is 5.41 Å². The molecule has 0 amide bonds. The second-order valence-corrected chi connectivity index (χ2v) is 7.86. The van der Waals surface area contributed by atoms with E-state index >= 15 is 0 Å². The lowest BCUT2D eigenvalue weighted by Crippen LogP contribution is -2.55. The highest BCUT2D eigenvalue weighted by molar-refractivity contribution is 8.00. The van der Waals surface area contributed by atoms with Gasteiger partial charge in [-0.3, -0.25) is 0 Å². The van der Waals surface area contributed by atoms with Crippen LogP contribution in [0.25, 0.3) is 0 Å².